The SMILES string of the molecule is COc1ccc([C@@H](C[N+](=O)[O-])C(C(=O)c2ccccc2)C(=O)c2ccccc2)cc1. The van der Waals surface area contributed by atoms with Crippen LogP contribution in [0.3, 0.4) is 0 Å². The number of ketones is 2. The molecule has 0 fully saturated rings. The molecule has 0 N–H and O–H groups in total. The number of ether oxygens (including phenoxy) is 1. The van der Waals surface area contributed by atoms with E-state index in [4.69, 9.17) is 4.74 Å². The maximum absolute atomic E-state index is 13.4. The molecule has 152 valence electrons. The summed E-state index contributed by atoms with van der Waals surface area (Å²) < 4.78 is 5.16. The Hall–Kier alpha value is -3.80. The fourth-order valence-corrected chi connectivity index (χ4v) is 3.46. The van der Waals surface area contributed by atoms with Gasteiger partial charge in [0.25, 0.3) is 0 Å². The molecule has 0 aromatic heterocycles. The van der Waals surface area contributed by atoms with E-state index in [1.54, 1.807) is 84.9 Å². The standard InChI is InChI=1S/C24H21NO5/c1-30-20-14-12-17(13-15-20)21(16-25(28)29)22(23(26)18-8-4-2-5-9-18)24(27)19-10-6-3-7-11-19/h2-15,21-22H,16H2,1H3/t21-/m1/s1. The largest absolute Gasteiger partial charge is 0.497 e. The third kappa shape index (κ3) is 4.78. The topological polar surface area (TPSA) is 86.5 Å². The van der Waals surface area contributed by atoms with E-state index in [0.717, 1.165) is 0 Å². The average molecular weight is 403 g/mol. The van der Waals surface area contributed by atoms with Gasteiger partial charge in [-0.25, -0.2) is 0 Å². The van der Waals surface area contributed by atoms with Crippen molar-refractivity contribution in [2.45, 2.75) is 5.92 Å². The minimum atomic E-state index is -1.23. The molecular formula is C24H21NO5. The van der Waals surface area contributed by atoms with Crippen LogP contribution in [0.4, 0.5) is 0 Å². The zero-order chi connectivity index (χ0) is 21.5. The number of methoxy groups -OCH3 is 1. The van der Waals surface area contributed by atoms with Gasteiger partial charge in [0.15, 0.2) is 11.6 Å². The lowest BCUT2D eigenvalue weighted by Crippen LogP contribution is -2.34. The average Bonchev–Trinajstić information content (AvgIpc) is 2.79. The minimum absolute atomic E-state index is 0.341. The molecule has 0 unspecified atom stereocenters. The molecule has 0 aliphatic heterocycles. The summed E-state index contributed by atoms with van der Waals surface area (Å²) >= 11 is 0. The first-order valence-corrected chi connectivity index (χ1v) is 9.45. The highest BCUT2D eigenvalue weighted by Crippen LogP contribution is 2.32. The van der Waals surface area contributed by atoms with Crippen molar-refractivity contribution >= 4 is 11.6 Å². The summed E-state index contributed by atoms with van der Waals surface area (Å²) in [6.45, 7) is -0.547. The van der Waals surface area contributed by atoms with E-state index in [0.29, 0.717) is 22.4 Å². The van der Waals surface area contributed by atoms with Gasteiger partial charge in [0.2, 0.25) is 6.54 Å². The third-order valence-electron chi connectivity index (χ3n) is 4.97. The number of nitro groups is 1. The van der Waals surface area contributed by atoms with Gasteiger partial charge >= 0.3 is 0 Å². The molecule has 0 aliphatic rings. The highest BCUT2D eigenvalue weighted by molar-refractivity contribution is 6.16. The second-order valence-corrected chi connectivity index (χ2v) is 6.83. The van der Waals surface area contributed by atoms with E-state index < -0.39 is 34.9 Å². The third-order valence-corrected chi connectivity index (χ3v) is 4.97. The number of rotatable bonds is 9. The zero-order valence-corrected chi connectivity index (χ0v) is 16.4. The van der Waals surface area contributed by atoms with Crippen molar-refractivity contribution in [1.29, 1.82) is 0 Å². The number of carbonyl (C=O) groups excluding carboxylic acids is 2. The van der Waals surface area contributed by atoms with E-state index in [1.165, 1.54) is 7.11 Å². The van der Waals surface area contributed by atoms with Crippen molar-refractivity contribution in [2.24, 2.45) is 5.92 Å². The second kappa shape index (κ2) is 9.60. The summed E-state index contributed by atoms with van der Waals surface area (Å²) in [5.41, 5.74) is 1.22. The van der Waals surface area contributed by atoms with Gasteiger partial charge in [-0.05, 0) is 17.7 Å². The lowest BCUT2D eigenvalue weighted by molar-refractivity contribution is -0.484. The van der Waals surface area contributed by atoms with Crippen LogP contribution < -0.4 is 4.74 Å². The first kappa shape index (κ1) is 20.9. The van der Waals surface area contributed by atoms with Crippen LogP contribution in [0, 0.1) is 16.0 Å². The molecule has 0 saturated carbocycles. The summed E-state index contributed by atoms with van der Waals surface area (Å²) in [7, 11) is 1.52. The Morgan fingerprint density at radius 3 is 1.70 bits per heavy atom. The first-order chi connectivity index (χ1) is 14.5. The Kier molecular flexibility index (Phi) is 6.70. The molecule has 6 heteroatoms. The molecule has 0 heterocycles. The van der Waals surface area contributed by atoms with Gasteiger partial charge in [0.1, 0.15) is 5.75 Å². The Balaban J connectivity index is 2.11. The van der Waals surface area contributed by atoms with Crippen molar-refractivity contribution < 1.29 is 19.2 Å². The molecule has 3 aromatic carbocycles. The number of hydrogen-bond donors (Lipinski definition) is 0. The van der Waals surface area contributed by atoms with E-state index in [1.807, 2.05) is 0 Å². The highest BCUT2D eigenvalue weighted by atomic mass is 16.6. The summed E-state index contributed by atoms with van der Waals surface area (Å²) in [5, 5.41) is 11.5. The van der Waals surface area contributed by atoms with Crippen molar-refractivity contribution in [2.75, 3.05) is 13.7 Å². The van der Waals surface area contributed by atoms with Crippen molar-refractivity contribution in [3.05, 3.63) is 112 Å². The van der Waals surface area contributed by atoms with Crippen LogP contribution in [-0.4, -0.2) is 30.1 Å². The smallest absolute Gasteiger partial charge is 0.211 e. The maximum atomic E-state index is 13.4. The molecule has 0 radical (unpaired) electrons. The van der Waals surface area contributed by atoms with Gasteiger partial charge in [-0.2, -0.15) is 0 Å². The van der Waals surface area contributed by atoms with Gasteiger partial charge in [-0.3, -0.25) is 19.7 Å². The molecule has 30 heavy (non-hydrogen) atoms. The molecule has 0 saturated heterocycles. The van der Waals surface area contributed by atoms with Gasteiger partial charge in [-0.15, -0.1) is 0 Å². The Bertz CT molecular complexity index is 965. The zero-order valence-electron chi connectivity index (χ0n) is 16.4. The number of benzene rings is 3. The van der Waals surface area contributed by atoms with Crippen LogP contribution in [0.1, 0.15) is 32.2 Å². The number of Topliss-reactive ketones (excluding diaryl/α,β-unsaturated/α-hetero) is 2. The minimum Gasteiger partial charge on any atom is -0.497 e. The second-order valence-electron chi connectivity index (χ2n) is 6.83. The van der Waals surface area contributed by atoms with Crippen LogP contribution in [-0.2, 0) is 0 Å². The lowest BCUT2D eigenvalue weighted by Gasteiger charge is -2.23. The lowest BCUT2D eigenvalue weighted by atomic mass is 9.77. The number of hydrogen-bond acceptors (Lipinski definition) is 5. The molecular weight excluding hydrogens is 382 g/mol. The van der Waals surface area contributed by atoms with E-state index in [-0.39, 0.29) is 0 Å². The van der Waals surface area contributed by atoms with Crippen LogP contribution in [0.15, 0.2) is 84.9 Å². The first-order valence-electron chi connectivity index (χ1n) is 9.45. The Morgan fingerprint density at radius 1 is 0.833 bits per heavy atom. The van der Waals surface area contributed by atoms with Gasteiger partial charge in [0, 0.05) is 16.1 Å². The number of nitrogens with zero attached hydrogens (tertiary/aromatic N) is 1. The van der Waals surface area contributed by atoms with E-state index in [9.17, 15) is 19.7 Å². The molecule has 3 rings (SSSR count). The van der Waals surface area contributed by atoms with Gasteiger partial charge in [0.05, 0.1) is 18.9 Å². The molecule has 6 nitrogen and oxygen atoms in total. The van der Waals surface area contributed by atoms with Gasteiger partial charge in [-0.1, -0.05) is 72.8 Å². The van der Waals surface area contributed by atoms with Crippen molar-refractivity contribution in [3.63, 3.8) is 0 Å². The summed E-state index contributed by atoms with van der Waals surface area (Å²) in [5.74, 6) is -2.45. The van der Waals surface area contributed by atoms with Crippen LogP contribution in [0.25, 0.3) is 0 Å². The molecule has 0 spiro atoms. The fraction of sp³-hybridized carbons (Fsp3) is 0.167. The van der Waals surface area contributed by atoms with Crippen LogP contribution in [0.2, 0.25) is 0 Å². The predicted octanol–water partition coefficient (Wildman–Crippen LogP) is 4.44. The van der Waals surface area contributed by atoms with Crippen LogP contribution >= 0.6 is 0 Å². The summed E-state index contributed by atoms with van der Waals surface area (Å²) in [4.78, 5) is 37.8. The molecule has 3 aromatic rings. The maximum Gasteiger partial charge on any atom is 0.211 e. The Morgan fingerprint density at radius 2 is 1.30 bits per heavy atom. The molecule has 0 bridgehead atoms. The predicted molar refractivity (Wildman–Crippen MR) is 113 cm³/mol. The van der Waals surface area contributed by atoms with Crippen LogP contribution in [0.5, 0.6) is 5.75 Å². The Labute approximate surface area is 174 Å². The summed E-state index contributed by atoms with van der Waals surface area (Å²) in [6, 6.07) is 23.5. The fourth-order valence-electron chi connectivity index (χ4n) is 3.46. The van der Waals surface area contributed by atoms with E-state index in [2.05, 4.69) is 0 Å². The summed E-state index contributed by atoms with van der Waals surface area (Å²) in [6.07, 6.45) is 0. The van der Waals surface area contributed by atoms with Crippen molar-refractivity contribution in [3.8, 4) is 5.75 Å². The number of carbonyl (C=O) groups is 2. The molecule has 1 atom stereocenters. The van der Waals surface area contributed by atoms with E-state index >= 15 is 0 Å². The normalized spacial score (nSPS) is 11.7. The molecule has 0 amide bonds. The van der Waals surface area contributed by atoms with Gasteiger partial charge < -0.3 is 4.74 Å². The quantitative estimate of drug-likeness (QED) is 0.228. The monoisotopic (exact) mass is 403 g/mol. The highest BCUT2D eigenvalue weighted by Gasteiger charge is 2.39. The molecule has 0 aliphatic carbocycles. The van der Waals surface area contributed by atoms with Crippen molar-refractivity contribution in [1.82, 2.24) is 0 Å².